The molecule has 0 bridgehead atoms. The maximum Gasteiger partial charge on any atom is 0.0349 e. The van der Waals surface area contributed by atoms with Gasteiger partial charge in [0.05, 0.1) is 0 Å². The molecule has 0 aromatic heterocycles. The molecule has 1 aromatic rings. The van der Waals surface area contributed by atoms with Crippen molar-refractivity contribution in [1.82, 2.24) is 5.32 Å². The van der Waals surface area contributed by atoms with Crippen LogP contribution in [-0.2, 0) is 0 Å². The summed E-state index contributed by atoms with van der Waals surface area (Å²) in [7, 11) is 0. The van der Waals surface area contributed by atoms with Gasteiger partial charge in [-0.2, -0.15) is 0 Å². The van der Waals surface area contributed by atoms with Crippen molar-refractivity contribution in [3.8, 4) is 0 Å². The number of halogens is 1. The van der Waals surface area contributed by atoms with Crippen LogP contribution in [0.3, 0.4) is 0 Å². The SMILES string of the molecule is CCC1CCNC1c1cccc(Br)c1. The van der Waals surface area contributed by atoms with Gasteiger partial charge in [0.1, 0.15) is 0 Å². The number of nitrogens with one attached hydrogen (secondary N) is 1. The molecule has 0 aliphatic carbocycles. The first kappa shape index (κ1) is 10.2. The maximum atomic E-state index is 3.58. The second kappa shape index (κ2) is 4.45. The first-order valence-electron chi connectivity index (χ1n) is 5.30. The van der Waals surface area contributed by atoms with Crippen molar-refractivity contribution >= 4 is 15.9 Å². The Kier molecular flexibility index (Phi) is 3.24. The van der Waals surface area contributed by atoms with Crippen LogP contribution in [0.2, 0.25) is 0 Å². The molecule has 0 amide bonds. The van der Waals surface area contributed by atoms with E-state index in [0.717, 1.165) is 12.5 Å². The molecular weight excluding hydrogens is 238 g/mol. The molecule has 2 heteroatoms. The van der Waals surface area contributed by atoms with Crippen LogP contribution in [0.4, 0.5) is 0 Å². The Labute approximate surface area is 94.0 Å². The molecule has 2 atom stereocenters. The molecule has 1 N–H and O–H groups in total. The first-order valence-corrected chi connectivity index (χ1v) is 6.09. The molecule has 14 heavy (non-hydrogen) atoms. The summed E-state index contributed by atoms with van der Waals surface area (Å²) in [6.45, 7) is 3.44. The fraction of sp³-hybridized carbons (Fsp3) is 0.500. The third kappa shape index (κ3) is 2.01. The van der Waals surface area contributed by atoms with Crippen molar-refractivity contribution < 1.29 is 0 Å². The lowest BCUT2D eigenvalue weighted by molar-refractivity contribution is 0.449. The summed E-state index contributed by atoms with van der Waals surface area (Å²) < 4.78 is 1.18. The second-order valence-corrected chi connectivity index (χ2v) is 4.86. The quantitative estimate of drug-likeness (QED) is 0.851. The lowest BCUT2D eigenvalue weighted by Crippen LogP contribution is -2.17. The standard InChI is InChI=1S/C12H16BrN/c1-2-9-6-7-14-12(9)10-4-3-5-11(13)8-10/h3-5,8-9,12,14H,2,6-7H2,1H3. The molecule has 0 radical (unpaired) electrons. The summed E-state index contributed by atoms with van der Waals surface area (Å²) >= 11 is 3.52. The highest BCUT2D eigenvalue weighted by Crippen LogP contribution is 2.32. The zero-order valence-electron chi connectivity index (χ0n) is 8.46. The van der Waals surface area contributed by atoms with Crippen molar-refractivity contribution in [2.45, 2.75) is 25.8 Å². The number of hydrogen-bond acceptors (Lipinski definition) is 1. The minimum atomic E-state index is 0.567. The second-order valence-electron chi connectivity index (χ2n) is 3.94. The Bertz CT molecular complexity index is 311. The topological polar surface area (TPSA) is 12.0 Å². The highest BCUT2D eigenvalue weighted by atomic mass is 79.9. The molecule has 1 aromatic carbocycles. The normalized spacial score (nSPS) is 26.7. The first-order chi connectivity index (χ1) is 6.81. The Morgan fingerprint density at radius 3 is 3.07 bits per heavy atom. The molecule has 1 heterocycles. The van der Waals surface area contributed by atoms with Gasteiger partial charge in [0.15, 0.2) is 0 Å². The molecule has 0 spiro atoms. The van der Waals surface area contributed by atoms with Crippen molar-refractivity contribution in [2.75, 3.05) is 6.54 Å². The number of rotatable bonds is 2. The molecular formula is C12H16BrN. The van der Waals surface area contributed by atoms with Gasteiger partial charge in [-0.05, 0) is 36.6 Å². The molecule has 2 rings (SSSR count). The highest BCUT2D eigenvalue weighted by molar-refractivity contribution is 9.10. The molecule has 1 nitrogen and oxygen atoms in total. The van der Waals surface area contributed by atoms with E-state index in [1.165, 1.54) is 22.9 Å². The largest absolute Gasteiger partial charge is 0.310 e. The number of hydrogen-bond donors (Lipinski definition) is 1. The summed E-state index contributed by atoms with van der Waals surface area (Å²) in [5.41, 5.74) is 1.42. The average Bonchev–Trinajstić information content (AvgIpc) is 2.65. The Morgan fingerprint density at radius 2 is 2.36 bits per heavy atom. The summed E-state index contributed by atoms with van der Waals surface area (Å²) in [4.78, 5) is 0. The molecule has 2 unspecified atom stereocenters. The van der Waals surface area contributed by atoms with Crippen LogP contribution < -0.4 is 5.32 Å². The van der Waals surface area contributed by atoms with Crippen molar-refractivity contribution in [2.24, 2.45) is 5.92 Å². The smallest absolute Gasteiger partial charge is 0.0349 e. The van der Waals surface area contributed by atoms with Gasteiger partial charge < -0.3 is 5.32 Å². The summed E-state index contributed by atoms with van der Waals surface area (Å²) in [5, 5.41) is 3.58. The van der Waals surface area contributed by atoms with E-state index >= 15 is 0 Å². The van der Waals surface area contributed by atoms with Crippen LogP contribution >= 0.6 is 15.9 Å². The van der Waals surface area contributed by atoms with Crippen LogP contribution in [0.15, 0.2) is 28.7 Å². The van der Waals surface area contributed by atoms with Gasteiger partial charge in [0.25, 0.3) is 0 Å². The molecule has 1 aliphatic heterocycles. The van der Waals surface area contributed by atoms with Gasteiger partial charge in [-0.3, -0.25) is 0 Å². The van der Waals surface area contributed by atoms with Gasteiger partial charge in [0.2, 0.25) is 0 Å². The average molecular weight is 254 g/mol. The third-order valence-electron chi connectivity index (χ3n) is 3.08. The maximum absolute atomic E-state index is 3.58. The van der Waals surface area contributed by atoms with Crippen LogP contribution in [-0.4, -0.2) is 6.54 Å². The van der Waals surface area contributed by atoms with Gasteiger partial charge in [-0.25, -0.2) is 0 Å². The Hall–Kier alpha value is -0.340. The number of benzene rings is 1. The van der Waals surface area contributed by atoms with E-state index in [1.54, 1.807) is 0 Å². The lowest BCUT2D eigenvalue weighted by atomic mass is 9.92. The van der Waals surface area contributed by atoms with Gasteiger partial charge in [-0.1, -0.05) is 41.4 Å². The van der Waals surface area contributed by atoms with E-state index in [4.69, 9.17) is 0 Å². The van der Waals surface area contributed by atoms with Crippen molar-refractivity contribution in [3.63, 3.8) is 0 Å². The summed E-state index contributed by atoms with van der Waals surface area (Å²) in [5.74, 6) is 0.810. The summed E-state index contributed by atoms with van der Waals surface area (Å²) in [6.07, 6.45) is 2.58. The fourth-order valence-corrected chi connectivity index (χ4v) is 2.70. The Balaban J connectivity index is 2.21. The molecule has 1 saturated heterocycles. The van der Waals surface area contributed by atoms with Gasteiger partial charge >= 0.3 is 0 Å². The van der Waals surface area contributed by atoms with Crippen molar-refractivity contribution in [1.29, 1.82) is 0 Å². The van der Waals surface area contributed by atoms with Gasteiger partial charge in [0, 0.05) is 10.5 Å². The van der Waals surface area contributed by atoms with E-state index in [1.807, 2.05) is 0 Å². The van der Waals surface area contributed by atoms with E-state index in [9.17, 15) is 0 Å². The van der Waals surface area contributed by atoms with Crippen molar-refractivity contribution in [3.05, 3.63) is 34.3 Å². The molecule has 76 valence electrons. The highest BCUT2D eigenvalue weighted by Gasteiger charge is 2.26. The predicted molar refractivity (Wildman–Crippen MR) is 63.3 cm³/mol. The monoisotopic (exact) mass is 253 g/mol. The predicted octanol–water partition coefficient (Wildman–Crippen LogP) is 3.51. The zero-order valence-corrected chi connectivity index (χ0v) is 10.0. The fourth-order valence-electron chi connectivity index (χ4n) is 2.29. The lowest BCUT2D eigenvalue weighted by Gasteiger charge is -2.18. The Morgan fingerprint density at radius 1 is 1.50 bits per heavy atom. The van der Waals surface area contributed by atoms with E-state index in [2.05, 4.69) is 52.4 Å². The van der Waals surface area contributed by atoms with Crippen LogP contribution in [0.5, 0.6) is 0 Å². The van der Waals surface area contributed by atoms with Gasteiger partial charge in [-0.15, -0.1) is 0 Å². The molecule has 1 fully saturated rings. The molecule has 1 aliphatic rings. The van der Waals surface area contributed by atoms with E-state index in [0.29, 0.717) is 6.04 Å². The van der Waals surface area contributed by atoms with Crippen LogP contribution in [0, 0.1) is 5.92 Å². The van der Waals surface area contributed by atoms with E-state index < -0.39 is 0 Å². The minimum absolute atomic E-state index is 0.567. The van der Waals surface area contributed by atoms with Crippen LogP contribution in [0.1, 0.15) is 31.4 Å². The van der Waals surface area contributed by atoms with E-state index in [-0.39, 0.29) is 0 Å². The molecule has 0 saturated carbocycles. The zero-order chi connectivity index (χ0) is 9.97. The summed E-state index contributed by atoms with van der Waals surface area (Å²) in [6, 6.07) is 9.21. The third-order valence-corrected chi connectivity index (χ3v) is 3.58. The van der Waals surface area contributed by atoms with Crippen LogP contribution in [0.25, 0.3) is 0 Å². The minimum Gasteiger partial charge on any atom is -0.310 e.